The molecular weight excluding hydrogens is 388 g/mol. The summed E-state index contributed by atoms with van der Waals surface area (Å²) >= 11 is 7.15. The van der Waals surface area contributed by atoms with E-state index in [1.165, 1.54) is 41.2 Å². The predicted molar refractivity (Wildman–Crippen MR) is 107 cm³/mol. The van der Waals surface area contributed by atoms with E-state index in [2.05, 4.69) is 30.2 Å². The Hall–Kier alpha value is -2.07. The highest BCUT2D eigenvalue weighted by atomic mass is 35.5. The lowest BCUT2D eigenvalue weighted by Crippen LogP contribution is -2.16. The molecule has 1 aromatic heterocycles. The third kappa shape index (κ3) is 3.70. The predicted octanol–water partition coefficient (Wildman–Crippen LogP) is 4.40. The first-order chi connectivity index (χ1) is 12.3. The molecule has 0 atom stereocenters. The molecule has 0 bridgehead atoms. The van der Waals surface area contributed by atoms with Gasteiger partial charge in [-0.3, -0.25) is 0 Å². The molecule has 0 fully saturated rings. The Kier molecular flexibility index (Phi) is 5.24. The highest BCUT2D eigenvalue weighted by molar-refractivity contribution is 7.90. The fourth-order valence-electron chi connectivity index (χ4n) is 2.53. The van der Waals surface area contributed by atoms with Crippen molar-refractivity contribution in [3.63, 3.8) is 0 Å². The molecular formula is C19H17ClN2O2S2. The number of nitrogens with zero attached hydrogens (tertiary/aromatic N) is 2. The Morgan fingerprint density at radius 2 is 1.92 bits per heavy atom. The lowest BCUT2D eigenvalue weighted by atomic mass is 10.0. The van der Waals surface area contributed by atoms with E-state index in [4.69, 9.17) is 18.0 Å². The van der Waals surface area contributed by atoms with Crippen molar-refractivity contribution in [3.05, 3.63) is 57.9 Å². The van der Waals surface area contributed by atoms with Crippen LogP contribution in [0.4, 0.5) is 0 Å². The van der Waals surface area contributed by atoms with Gasteiger partial charge >= 0.3 is 0 Å². The molecule has 4 nitrogen and oxygen atoms in total. The van der Waals surface area contributed by atoms with Crippen LogP contribution < -0.4 is 4.80 Å². The smallest absolute Gasteiger partial charge is 0.285 e. The second-order valence-electron chi connectivity index (χ2n) is 6.08. The van der Waals surface area contributed by atoms with Crippen molar-refractivity contribution in [3.8, 4) is 12.3 Å². The zero-order valence-electron chi connectivity index (χ0n) is 14.3. The molecule has 134 valence electrons. The third-order valence-electron chi connectivity index (χ3n) is 3.93. The van der Waals surface area contributed by atoms with Crippen LogP contribution in [0.1, 0.15) is 25.3 Å². The minimum absolute atomic E-state index is 0.0921. The van der Waals surface area contributed by atoms with E-state index in [-0.39, 0.29) is 11.4 Å². The molecule has 0 aliphatic carbocycles. The zero-order chi connectivity index (χ0) is 18.9. The molecule has 0 N–H and O–H groups in total. The first kappa shape index (κ1) is 18.7. The summed E-state index contributed by atoms with van der Waals surface area (Å²) in [6.45, 7) is 4.47. The quantitative estimate of drug-likeness (QED) is 0.605. The molecule has 0 aliphatic rings. The first-order valence-corrected chi connectivity index (χ1v) is 10.6. The zero-order valence-corrected chi connectivity index (χ0v) is 16.7. The number of hydrogen-bond acceptors (Lipinski definition) is 3. The Morgan fingerprint density at radius 3 is 2.54 bits per heavy atom. The molecule has 0 amide bonds. The molecule has 0 aliphatic heterocycles. The molecule has 0 spiro atoms. The fraction of sp³-hybridized carbons (Fsp3) is 0.211. The van der Waals surface area contributed by atoms with E-state index in [0.29, 0.717) is 15.7 Å². The third-order valence-corrected chi connectivity index (χ3v) is 6.62. The van der Waals surface area contributed by atoms with Crippen LogP contribution >= 0.6 is 22.9 Å². The van der Waals surface area contributed by atoms with E-state index < -0.39 is 10.0 Å². The van der Waals surface area contributed by atoms with Crippen molar-refractivity contribution in [1.29, 1.82) is 0 Å². The van der Waals surface area contributed by atoms with Crippen LogP contribution in [-0.2, 0) is 16.6 Å². The highest BCUT2D eigenvalue weighted by Crippen LogP contribution is 2.24. The van der Waals surface area contributed by atoms with Crippen LogP contribution in [0.25, 0.3) is 10.2 Å². The fourth-order valence-corrected chi connectivity index (χ4v) is 4.93. The Balaban J connectivity index is 2.22. The number of aromatic nitrogens is 1. The van der Waals surface area contributed by atoms with Crippen molar-refractivity contribution in [2.24, 2.45) is 4.40 Å². The van der Waals surface area contributed by atoms with E-state index in [1.807, 2.05) is 12.1 Å². The number of fused-ring (bicyclic) bond motifs is 1. The summed E-state index contributed by atoms with van der Waals surface area (Å²) < 4.78 is 32.0. The molecule has 3 rings (SSSR count). The Morgan fingerprint density at radius 1 is 1.23 bits per heavy atom. The summed E-state index contributed by atoms with van der Waals surface area (Å²) in [6.07, 6.45) is 5.48. The van der Waals surface area contributed by atoms with Gasteiger partial charge in [0.2, 0.25) is 4.80 Å². The molecule has 0 saturated heterocycles. The lowest BCUT2D eigenvalue weighted by molar-refractivity contribution is 0.596. The van der Waals surface area contributed by atoms with E-state index in [9.17, 15) is 8.42 Å². The number of terminal acetylenes is 1. The van der Waals surface area contributed by atoms with Gasteiger partial charge in [-0.2, -0.15) is 8.42 Å². The molecule has 1 heterocycles. The average molecular weight is 405 g/mol. The lowest BCUT2D eigenvalue weighted by Gasteiger charge is -2.05. The van der Waals surface area contributed by atoms with Gasteiger partial charge in [0.1, 0.15) is 0 Å². The maximum atomic E-state index is 12.7. The molecule has 0 saturated carbocycles. The molecule has 3 aromatic rings. The van der Waals surface area contributed by atoms with Crippen LogP contribution in [-0.4, -0.2) is 13.0 Å². The minimum atomic E-state index is -3.86. The molecule has 26 heavy (non-hydrogen) atoms. The van der Waals surface area contributed by atoms with Gasteiger partial charge in [0.25, 0.3) is 10.0 Å². The molecule has 7 heteroatoms. The van der Waals surface area contributed by atoms with Crippen LogP contribution in [0.5, 0.6) is 0 Å². The normalized spacial score (nSPS) is 12.7. The number of benzene rings is 2. The monoisotopic (exact) mass is 404 g/mol. The van der Waals surface area contributed by atoms with Crippen molar-refractivity contribution < 1.29 is 8.42 Å². The van der Waals surface area contributed by atoms with Gasteiger partial charge in [-0.25, -0.2) is 0 Å². The SMILES string of the molecule is C#CCn1/c(=N/S(=O)(=O)c2ccc(Cl)cc2)sc2cc(C(C)C)ccc21. The standard InChI is InChI=1S/C19H17ClN2O2S2/c1-4-11-22-17-10-5-14(13(2)3)12-18(17)25-19(22)21-26(23,24)16-8-6-15(20)7-9-16/h1,5-10,12-13H,11H2,2-3H3/b21-19-. The Bertz CT molecular complexity index is 1160. The van der Waals surface area contributed by atoms with Gasteiger partial charge in [0, 0.05) is 5.02 Å². The second-order valence-corrected chi connectivity index (χ2v) is 9.13. The van der Waals surface area contributed by atoms with Gasteiger partial charge < -0.3 is 4.57 Å². The topological polar surface area (TPSA) is 51.4 Å². The van der Waals surface area contributed by atoms with E-state index >= 15 is 0 Å². The van der Waals surface area contributed by atoms with Gasteiger partial charge in [0.05, 0.1) is 21.7 Å². The van der Waals surface area contributed by atoms with Crippen molar-refractivity contribution in [2.75, 3.05) is 0 Å². The van der Waals surface area contributed by atoms with Crippen molar-refractivity contribution in [1.82, 2.24) is 4.57 Å². The minimum Gasteiger partial charge on any atom is -0.304 e. The largest absolute Gasteiger partial charge is 0.304 e. The van der Waals surface area contributed by atoms with E-state index in [1.54, 1.807) is 4.57 Å². The van der Waals surface area contributed by atoms with Crippen molar-refractivity contribution >= 4 is 43.2 Å². The van der Waals surface area contributed by atoms with Gasteiger partial charge in [-0.15, -0.1) is 10.8 Å². The summed E-state index contributed by atoms with van der Waals surface area (Å²) in [5, 5.41) is 0.467. The summed E-state index contributed by atoms with van der Waals surface area (Å²) in [6, 6.07) is 12.0. The number of sulfonamides is 1. The number of hydrogen-bond donors (Lipinski definition) is 0. The molecule has 2 aromatic carbocycles. The first-order valence-electron chi connectivity index (χ1n) is 7.95. The van der Waals surface area contributed by atoms with Crippen LogP contribution in [0, 0.1) is 12.3 Å². The Labute approximate surface area is 161 Å². The van der Waals surface area contributed by atoms with Gasteiger partial charge in [0.15, 0.2) is 0 Å². The number of thiazole rings is 1. The summed E-state index contributed by atoms with van der Waals surface area (Å²) in [5.74, 6) is 2.95. The molecule has 0 unspecified atom stereocenters. The van der Waals surface area contributed by atoms with Crippen LogP contribution in [0.2, 0.25) is 5.02 Å². The second kappa shape index (κ2) is 7.28. The molecule has 0 radical (unpaired) electrons. The maximum absolute atomic E-state index is 12.7. The summed E-state index contributed by atoms with van der Waals surface area (Å²) in [7, 11) is -3.86. The number of halogens is 1. The van der Waals surface area contributed by atoms with Gasteiger partial charge in [-0.05, 0) is 47.9 Å². The van der Waals surface area contributed by atoms with Crippen molar-refractivity contribution in [2.45, 2.75) is 31.2 Å². The average Bonchev–Trinajstić information content (AvgIpc) is 2.91. The van der Waals surface area contributed by atoms with Gasteiger partial charge in [-0.1, -0.05) is 48.8 Å². The van der Waals surface area contributed by atoms with Crippen LogP contribution in [0.3, 0.4) is 0 Å². The highest BCUT2D eigenvalue weighted by Gasteiger charge is 2.15. The van der Waals surface area contributed by atoms with Crippen LogP contribution in [0.15, 0.2) is 51.8 Å². The number of rotatable bonds is 4. The maximum Gasteiger partial charge on any atom is 0.285 e. The summed E-state index contributed by atoms with van der Waals surface area (Å²) in [5.41, 5.74) is 2.06. The summed E-state index contributed by atoms with van der Waals surface area (Å²) in [4.78, 5) is 0.447. The van der Waals surface area contributed by atoms with E-state index in [0.717, 1.165) is 10.2 Å².